The third kappa shape index (κ3) is 3.89. The van der Waals surface area contributed by atoms with Gasteiger partial charge >= 0.3 is 5.97 Å². The Balaban J connectivity index is 2.30. The fraction of sp³-hybridized carbons (Fsp3) is 0.375. The highest BCUT2D eigenvalue weighted by atomic mass is 16.5. The largest absolute Gasteiger partial charge is 0.465 e. The molecule has 0 aliphatic heterocycles. The quantitative estimate of drug-likeness (QED) is 0.728. The Hall–Kier alpha value is -2.90. The summed E-state index contributed by atoms with van der Waals surface area (Å²) in [6, 6.07) is 3.21. The van der Waals surface area contributed by atoms with Crippen LogP contribution in [0.1, 0.15) is 30.6 Å². The lowest BCUT2D eigenvalue weighted by Gasteiger charge is -2.10. The van der Waals surface area contributed by atoms with Crippen LogP contribution in [0.15, 0.2) is 29.3 Å². The molecule has 0 saturated heterocycles. The number of carbonyl (C=O) groups excluding carboxylic acids is 2. The van der Waals surface area contributed by atoms with Gasteiger partial charge in [0.1, 0.15) is 12.2 Å². The molecule has 2 N–H and O–H groups in total. The SMILES string of the molecule is CCCNC(=O)c1cccn2c(=O)c(NCC(=O)OCC)cnc12. The van der Waals surface area contributed by atoms with E-state index in [1.54, 1.807) is 19.1 Å². The van der Waals surface area contributed by atoms with Gasteiger partial charge in [-0.15, -0.1) is 0 Å². The van der Waals surface area contributed by atoms with Crippen LogP contribution in [0.2, 0.25) is 0 Å². The van der Waals surface area contributed by atoms with Crippen molar-refractivity contribution in [3.05, 3.63) is 40.4 Å². The lowest BCUT2D eigenvalue weighted by atomic mass is 10.2. The van der Waals surface area contributed by atoms with Crippen molar-refractivity contribution in [2.24, 2.45) is 0 Å². The first kappa shape index (κ1) is 17.5. The molecule has 0 aliphatic carbocycles. The first-order valence-corrected chi connectivity index (χ1v) is 7.76. The van der Waals surface area contributed by atoms with Gasteiger partial charge in [0.15, 0.2) is 5.65 Å². The van der Waals surface area contributed by atoms with Crippen LogP contribution >= 0.6 is 0 Å². The summed E-state index contributed by atoms with van der Waals surface area (Å²) in [7, 11) is 0. The molecule has 0 atom stereocenters. The standard InChI is InChI=1S/C16H20N4O4/c1-3-7-17-15(22)11-6-5-8-20-14(11)19-9-12(16(20)23)18-10-13(21)24-4-2/h5-6,8-9,18H,3-4,7,10H2,1-2H3,(H,17,22). The number of hydrogen-bond donors (Lipinski definition) is 2. The molecule has 0 aromatic carbocycles. The fourth-order valence-corrected chi connectivity index (χ4v) is 2.12. The fourth-order valence-electron chi connectivity index (χ4n) is 2.12. The Morgan fingerprint density at radius 2 is 2.12 bits per heavy atom. The monoisotopic (exact) mass is 332 g/mol. The number of nitrogens with zero attached hydrogens (tertiary/aromatic N) is 2. The van der Waals surface area contributed by atoms with Gasteiger partial charge in [-0.1, -0.05) is 6.92 Å². The first-order valence-electron chi connectivity index (χ1n) is 7.76. The molecular weight excluding hydrogens is 312 g/mol. The summed E-state index contributed by atoms with van der Waals surface area (Å²) in [5, 5.41) is 5.46. The van der Waals surface area contributed by atoms with Crippen LogP contribution in [-0.2, 0) is 9.53 Å². The molecular formula is C16H20N4O4. The van der Waals surface area contributed by atoms with E-state index in [0.29, 0.717) is 12.1 Å². The number of esters is 1. The highest BCUT2D eigenvalue weighted by Crippen LogP contribution is 2.08. The first-order chi connectivity index (χ1) is 11.6. The third-order valence-electron chi connectivity index (χ3n) is 3.24. The van der Waals surface area contributed by atoms with Gasteiger partial charge in [0.2, 0.25) is 0 Å². The summed E-state index contributed by atoms with van der Waals surface area (Å²) in [6.07, 6.45) is 3.65. The van der Waals surface area contributed by atoms with Crippen molar-refractivity contribution in [1.29, 1.82) is 0 Å². The summed E-state index contributed by atoms with van der Waals surface area (Å²) in [5.74, 6) is -0.747. The van der Waals surface area contributed by atoms with E-state index < -0.39 is 11.5 Å². The van der Waals surface area contributed by atoms with Gasteiger partial charge in [0, 0.05) is 12.7 Å². The second kappa shape index (κ2) is 8.09. The van der Waals surface area contributed by atoms with E-state index in [2.05, 4.69) is 15.6 Å². The number of fused-ring (bicyclic) bond motifs is 1. The van der Waals surface area contributed by atoms with Gasteiger partial charge in [-0.25, -0.2) is 4.98 Å². The van der Waals surface area contributed by atoms with Gasteiger partial charge in [0.25, 0.3) is 11.5 Å². The zero-order chi connectivity index (χ0) is 17.5. The number of nitrogens with one attached hydrogen (secondary N) is 2. The number of ether oxygens (including phenoxy) is 1. The lowest BCUT2D eigenvalue weighted by Crippen LogP contribution is -2.28. The van der Waals surface area contributed by atoms with Crippen molar-refractivity contribution in [2.75, 3.05) is 25.0 Å². The van der Waals surface area contributed by atoms with Crippen molar-refractivity contribution in [3.8, 4) is 0 Å². The molecule has 0 unspecified atom stereocenters. The molecule has 128 valence electrons. The maximum absolute atomic E-state index is 12.5. The van der Waals surface area contributed by atoms with Crippen LogP contribution in [0.5, 0.6) is 0 Å². The molecule has 1 amide bonds. The van der Waals surface area contributed by atoms with Crippen LogP contribution in [-0.4, -0.2) is 41.0 Å². The molecule has 2 aromatic heterocycles. The number of hydrogen-bond acceptors (Lipinski definition) is 6. The molecule has 0 fully saturated rings. The van der Waals surface area contributed by atoms with Crippen molar-refractivity contribution in [3.63, 3.8) is 0 Å². The average molecular weight is 332 g/mol. The van der Waals surface area contributed by atoms with Gasteiger partial charge in [-0.2, -0.15) is 0 Å². The number of pyridine rings is 1. The number of aromatic nitrogens is 2. The molecule has 0 aliphatic rings. The topological polar surface area (TPSA) is 102 Å². The predicted molar refractivity (Wildman–Crippen MR) is 89.2 cm³/mol. The minimum atomic E-state index is -0.463. The van der Waals surface area contributed by atoms with E-state index in [1.807, 2.05) is 6.92 Å². The van der Waals surface area contributed by atoms with E-state index in [-0.39, 0.29) is 30.4 Å². The van der Waals surface area contributed by atoms with Gasteiger partial charge in [-0.3, -0.25) is 18.8 Å². The summed E-state index contributed by atoms with van der Waals surface area (Å²) in [5.41, 5.74) is 0.346. The van der Waals surface area contributed by atoms with Crippen LogP contribution in [0.25, 0.3) is 5.65 Å². The zero-order valence-corrected chi connectivity index (χ0v) is 13.7. The summed E-state index contributed by atoms with van der Waals surface area (Å²) < 4.78 is 6.07. The molecule has 2 rings (SSSR count). The Morgan fingerprint density at radius 1 is 1.33 bits per heavy atom. The molecule has 0 spiro atoms. The van der Waals surface area contributed by atoms with Crippen LogP contribution in [0.3, 0.4) is 0 Å². The summed E-state index contributed by atoms with van der Waals surface area (Å²) >= 11 is 0. The van der Waals surface area contributed by atoms with Gasteiger partial charge in [-0.05, 0) is 25.5 Å². The third-order valence-corrected chi connectivity index (χ3v) is 3.24. The zero-order valence-electron chi connectivity index (χ0n) is 13.7. The summed E-state index contributed by atoms with van der Waals surface area (Å²) in [4.78, 5) is 40.2. The van der Waals surface area contributed by atoms with Crippen LogP contribution < -0.4 is 16.2 Å². The van der Waals surface area contributed by atoms with Crippen molar-refractivity contribution in [1.82, 2.24) is 14.7 Å². The molecule has 24 heavy (non-hydrogen) atoms. The number of rotatable bonds is 7. The predicted octanol–water partition coefficient (Wildman–Crippen LogP) is 0.809. The minimum Gasteiger partial charge on any atom is -0.465 e. The molecule has 8 nitrogen and oxygen atoms in total. The number of amides is 1. The molecule has 0 saturated carbocycles. The Bertz CT molecular complexity index is 800. The Kier molecular flexibility index (Phi) is 5.89. The lowest BCUT2D eigenvalue weighted by molar-refractivity contribution is -0.140. The number of carbonyl (C=O) groups is 2. The second-order valence-electron chi connectivity index (χ2n) is 5.01. The second-order valence-corrected chi connectivity index (χ2v) is 5.01. The van der Waals surface area contributed by atoms with Crippen LogP contribution in [0.4, 0.5) is 5.69 Å². The minimum absolute atomic E-state index is 0.131. The molecule has 0 radical (unpaired) electrons. The van der Waals surface area contributed by atoms with Crippen molar-refractivity contribution in [2.45, 2.75) is 20.3 Å². The van der Waals surface area contributed by atoms with Crippen molar-refractivity contribution >= 4 is 23.2 Å². The normalized spacial score (nSPS) is 10.4. The van der Waals surface area contributed by atoms with E-state index in [4.69, 9.17) is 4.74 Å². The van der Waals surface area contributed by atoms with Crippen molar-refractivity contribution < 1.29 is 14.3 Å². The average Bonchev–Trinajstić information content (AvgIpc) is 2.59. The molecule has 8 heteroatoms. The molecule has 2 heterocycles. The summed E-state index contributed by atoms with van der Waals surface area (Å²) in [6.45, 7) is 4.34. The Labute approximate surface area is 138 Å². The highest BCUT2D eigenvalue weighted by Gasteiger charge is 2.13. The maximum atomic E-state index is 12.5. The Morgan fingerprint density at radius 3 is 2.83 bits per heavy atom. The van der Waals surface area contributed by atoms with Gasteiger partial charge < -0.3 is 15.4 Å². The highest BCUT2D eigenvalue weighted by molar-refractivity contribution is 5.99. The maximum Gasteiger partial charge on any atom is 0.325 e. The number of anilines is 1. The molecule has 2 aromatic rings. The van der Waals surface area contributed by atoms with E-state index in [1.165, 1.54) is 16.8 Å². The van der Waals surface area contributed by atoms with E-state index in [0.717, 1.165) is 6.42 Å². The van der Waals surface area contributed by atoms with E-state index >= 15 is 0 Å². The van der Waals surface area contributed by atoms with Crippen LogP contribution in [0, 0.1) is 0 Å². The molecule has 0 bridgehead atoms. The van der Waals surface area contributed by atoms with E-state index in [9.17, 15) is 14.4 Å². The smallest absolute Gasteiger partial charge is 0.325 e. The van der Waals surface area contributed by atoms with Gasteiger partial charge in [0.05, 0.1) is 18.4 Å².